The predicted molar refractivity (Wildman–Crippen MR) is 156 cm³/mol. The smallest absolute Gasteiger partial charge is 0.204 e. The molecule has 0 aliphatic rings. The molecule has 3 rings (SSSR count). The minimum absolute atomic E-state index is 0.423. The average molecular weight is 565 g/mol. The maximum Gasteiger partial charge on any atom is 0.204 e. The summed E-state index contributed by atoms with van der Waals surface area (Å²) in [5.74, 6) is 2.56. The van der Waals surface area contributed by atoms with Crippen LogP contribution in [-0.2, 0) is 0 Å². The van der Waals surface area contributed by atoms with Crippen molar-refractivity contribution in [3.63, 3.8) is 0 Å². The molecule has 14 heteroatoms. The maximum absolute atomic E-state index is 5.22. The Morgan fingerprint density at radius 3 is 1.47 bits per heavy atom. The number of benzene rings is 1. The minimum atomic E-state index is 0.423. The molecular formula is C22H32N10S4. The summed E-state index contributed by atoms with van der Waals surface area (Å²) >= 11 is 13.4. The first-order valence-corrected chi connectivity index (χ1v) is 14.6. The molecule has 0 aliphatic heterocycles. The zero-order chi connectivity index (χ0) is 25.6. The number of thioether (sulfide) groups is 2. The van der Waals surface area contributed by atoms with Gasteiger partial charge in [-0.1, -0.05) is 50.2 Å². The lowest BCUT2D eigenvalue weighted by Gasteiger charge is -2.10. The van der Waals surface area contributed by atoms with Crippen molar-refractivity contribution in [1.82, 2.24) is 29.9 Å². The first-order valence-electron chi connectivity index (χ1n) is 11.8. The van der Waals surface area contributed by atoms with E-state index in [0.717, 1.165) is 50.1 Å². The van der Waals surface area contributed by atoms with Crippen molar-refractivity contribution in [3.8, 4) is 0 Å². The number of hydrogen-bond donors (Lipinski definition) is 6. The molecule has 0 unspecified atom stereocenters. The number of H-pyrrole nitrogens is 2. The lowest BCUT2D eigenvalue weighted by molar-refractivity contribution is 0.810. The number of nitrogens with zero attached hydrogens (tertiary/aromatic N) is 4. The summed E-state index contributed by atoms with van der Waals surface area (Å²) in [6, 6.07) is 8.09. The van der Waals surface area contributed by atoms with Gasteiger partial charge >= 0.3 is 0 Å². The van der Waals surface area contributed by atoms with E-state index in [4.69, 9.17) is 24.4 Å². The number of hydrogen-bond acceptors (Lipinski definition) is 12. The molecule has 0 spiro atoms. The summed E-state index contributed by atoms with van der Waals surface area (Å²) in [7, 11) is 0. The lowest BCUT2D eigenvalue weighted by Crippen LogP contribution is -2.07. The lowest BCUT2D eigenvalue weighted by atomic mass is 10.3. The summed E-state index contributed by atoms with van der Waals surface area (Å²) in [6.07, 6.45) is 4.38. The maximum atomic E-state index is 5.22. The van der Waals surface area contributed by atoms with Gasteiger partial charge in [0.15, 0.2) is 10.3 Å². The Labute approximate surface area is 230 Å². The normalized spacial score (nSPS) is 10.7. The third-order valence-corrected chi connectivity index (χ3v) is 6.59. The van der Waals surface area contributed by atoms with Crippen LogP contribution in [0, 0.1) is 9.54 Å². The molecule has 0 saturated heterocycles. The van der Waals surface area contributed by atoms with Gasteiger partial charge in [0.1, 0.15) is 0 Å². The van der Waals surface area contributed by atoms with Crippen molar-refractivity contribution in [3.05, 3.63) is 33.8 Å². The number of unbranched alkanes of at least 4 members (excludes halogenated alkanes) is 2. The van der Waals surface area contributed by atoms with Gasteiger partial charge in [-0.25, -0.2) is 0 Å². The van der Waals surface area contributed by atoms with E-state index >= 15 is 0 Å². The number of nitrogens with one attached hydrogen (secondary N) is 6. The zero-order valence-electron chi connectivity index (χ0n) is 20.4. The standard InChI is InChI=1S/C22H32N10S4/c1-3-5-11-23-17-27-19(33)31-21(29-17)35-13-25-15-7-9-16(10-8-15)26-14-36-22-30-18(24-12-6-4-2)28-20(34)32-22/h7-10,25-26H,3-6,11-14H2,1-2H3,(H2,23,27,29,31,33)(H2,24,28,30,32,34). The molecule has 3 aromatic rings. The molecule has 2 aromatic heterocycles. The Bertz CT molecular complexity index is 1090. The zero-order valence-corrected chi connectivity index (χ0v) is 23.7. The van der Waals surface area contributed by atoms with Gasteiger partial charge in [-0.15, -0.1) is 0 Å². The minimum Gasteiger partial charge on any atom is -0.376 e. The van der Waals surface area contributed by atoms with Gasteiger partial charge in [0, 0.05) is 24.5 Å². The van der Waals surface area contributed by atoms with Crippen molar-refractivity contribution in [2.45, 2.75) is 49.8 Å². The van der Waals surface area contributed by atoms with Gasteiger partial charge in [0.2, 0.25) is 21.4 Å². The summed E-state index contributed by atoms with van der Waals surface area (Å²) < 4.78 is 0.846. The molecule has 0 amide bonds. The Morgan fingerprint density at radius 1 is 0.667 bits per heavy atom. The van der Waals surface area contributed by atoms with Crippen LogP contribution in [-0.4, -0.2) is 54.7 Å². The Kier molecular flexibility index (Phi) is 12.2. The van der Waals surface area contributed by atoms with E-state index in [1.165, 1.54) is 23.5 Å². The molecule has 0 fully saturated rings. The molecule has 36 heavy (non-hydrogen) atoms. The van der Waals surface area contributed by atoms with E-state index < -0.39 is 0 Å². The van der Waals surface area contributed by atoms with Gasteiger partial charge in [-0.2, -0.15) is 19.9 Å². The van der Waals surface area contributed by atoms with E-state index in [1.54, 1.807) is 0 Å². The van der Waals surface area contributed by atoms with Crippen molar-refractivity contribution in [2.75, 3.05) is 46.1 Å². The van der Waals surface area contributed by atoms with Crippen LogP contribution in [0.2, 0.25) is 0 Å². The molecule has 0 saturated carbocycles. The van der Waals surface area contributed by atoms with Crippen LogP contribution >= 0.6 is 48.0 Å². The fourth-order valence-corrected chi connectivity index (χ4v) is 4.71. The molecule has 10 nitrogen and oxygen atoms in total. The molecule has 0 bridgehead atoms. The quantitative estimate of drug-likeness (QED) is 0.0518. The summed E-state index contributed by atoms with van der Waals surface area (Å²) in [6.45, 7) is 6.00. The molecule has 2 heterocycles. The topological polar surface area (TPSA) is 131 Å². The number of anilines is 4. The van der Waals surface area contributed by atoms with Crippen molar-refractivity contribution >= 4 is 71.2 Å². The number of rotatable bonds is 16. The molecule has 194 valence electrons. The monoisotopic (exact) mass is 564 g/mol. The Morgan fingerprint density at radius 2 is 1.08 bits per heavy atom. The van der Waals surface area contributed by atoms with Crippen molar-refractivity contribution in [1.29, 1.82) is 0 Å². The second kappa shape index (κ2) is 15.6. The van der Waals surface area contributed by atoms with Crippen LogP contribution in [0.5, 0.6) is 0 Å². The van der Waals surface area contributed by atoms with Gasteiger partial charge in [0.05, 0.1) is 11.8 Å². The van der Waals surface area contributed by atoms with Crippen LogP contribution in [0.3, 0.4) is 0 Å². The third-order valence-electron chi connectivity index (χ3n) is 4.75. The molecular weight excluding hydrogens is 533 g/mol. The average Bonchev–Trinajstić information content (AvgIpc) is 2.85. The molecule has 1 aromatic carbocycles. The highest BCUT2D eigenvalue weighted by atomic mass is 32.2. The van der Waals surface area contributed by atoms with Crippen molar-refractivity contribution in [2.24, 2.45) is 0 Å². The molecule has 6 N–H and O–H groups in total. The summed E-state index contributed by atoms with van der Waals surface area (Å²) in [5, 5.41) is 14.5. The van der Waals surface area contributed by atoms with Gasteiger partial charge in [-0.05, 0) is 61.5 Å². The van der Waals surface area contributed by atoms with Gasteiger partial charge in [0.25, 0.3) is 0 Å². The van der Waals surface area contributed by atoms with E-state index in [9.17, 15) is 0 Å². The van der Waals surface area contributed by atoms with E-state index in [-0.39, 0.29) is 0 Å². The van der Waals surface area contributed by atoms with Crippen LogP contribution in [0.4, 0.5) is 23.3 Å². The second-order valence-corrected chi connectivity index (χ2v) is 10.3. The fourth-order valence-electron chi connectivity index (χ4n) is 2.87. The SMILES string of the molecule is CCCCNc1nc(SCNc2ccc(NCSc3nc(NCCCC)[nH]c(=S)n3)cc2)nc(=S)[nH]1. The van der Waals surface area contributed by atoms with Crippen LogP contribution in [0.15, 0.2) is 34.6 Å². The Hall–Kier alpha value is -2.42. The van der Waals surface area contributed by atoms with E-state index in [0.29, 0.717) is 43.5 Å². The highest BCUT2D eigenvalue weighted by molar-refractivity contribution is 7.99. The van der Waals surface area contributed by atoms with E-state index in [2.05, 4.69) is 65.0 Å². The second-order valence-electron chi connectivity index (χ2n) is 7.64. The molecule has 0 radical (unpaired) electrons. The van der Waals surface area contributed by atoms with Crippen LogP contribution < -0.4 is 21.3 Å². The highest BCUT2D eigenvalue weighted by Gasteiger charge is 2.04. The van der Waals surface area contributed by atoms with Gasteiger partial charge < -0.3 is 31.2 Å². The first-order chi connectivity index (χ1) is 17.6. The first kappa shape index (κ1) is 28.2. The summed E-state index contributed by atoms with van der Waals surface area (Å²) in [4.78, 5) is 23.5. The third kappa shape index (κ3) is 10.3. The van der Waals surface area contributed by atoms with Gasteiger partial charge in [-0.3, -0.25) is 0 Å². The predicted octanol–water partition coefficient (Wildman–Crippen LogP) is 6.13. The van der Waals surface area contributed by atoms with E-state index in [1.807, 2.05) is 24.3 Å². The fraction of sp³-hybridized carbons (Fsp3) is 0.455. The number of aromatic amines is 2. The van der Waals surface area contributed by atoms with Crippen molar-refractivity contribution < 1.29 is 0 Å². The molecule has 0 atom stereocenters. The number of aromatic nitrogens is 6. The highest BCUT2D eigenvalue weighted by Crippen LogP contribution is 2.19. The molecule has 0 aliphatic carbocycles. The largest absolute Gasteiger partial charge is 0.376 e. The summed E-state index contributed by atoms with van der Waals surface area (Å²) in [5.41, 5.74) is 2.01. The van der Waals surface area contributed by atoms with Crippen LogP contribution in [0.1, 0.15) is 39.5 Å². The Balaban J connectivity index is 1.42. The van der Waals surface area contributed by atoms with Crippen LogP contribution in [0.25, 0.3) is 0 Å².